The minimum absolute atomic E-state index is 0.124. The van der Waals surface area contributed by atoms with Crippen molar-refractivity contribution in [2.75, 3.05) is 13.7 Å². The van der Waals surface area contributed by atoms with E-state index in [4.69, 9.17) is 19.9 Å². The number of ether oxygens (including phenoxy) is 3. The molecule has 0 heterocycles. The number of rotatable bonds is 6. The number of hydrogen-bond acceptors (Lipinski definition) is 6. The Morgan fingerprint density at radius 1 is 1.19 bits per heavy atom. The van der Waals surface area contributed by atoms with E-state index in [1.165, 1.54) is 21.0 Å². The molecular weight excluding hydrogens is 214 g/mol. The van der Waals surface area contributed by atoms with Crippen LogP contribution in [0.2, 0.25) is 0 Å². The minimum atomic E-state index is -0.707. The van der Waals surface area contributed by atoms with Gasteiger partial charge in [0.1, 0.15) is 0 Å². The topological polar surface area (TPSA) is 87.9 Å². The van der Waals surface area contributed by atoms with E-state index in [1.54, 1.807) is 6.92 Å². The van der Waals surface area contributed by atoms with E-state index in [0.717, 1.165) is 0 Å². The lowest BCUT2D eigenvalue weighted by molar-refractivity contribution is -0.170. The molecule has 3 unspecified atom stereocenters. The average molecular weight is 233 g/mol. The predicted octanol–water partition coefficient (Wildman–Crippen LogP) is -0.157. The zero-order valence-electron chi connectivity index (χ0n) is 10.1. The summed E-state index contributed by atoms with van der Waals surface area (Å²) in [6.07, 6.45) is -1.40. The van der Waals surface area contributed by atoms with Gasteiger partial charge in [-0.25, -0.2) is 0 Å². The average Bonchev–Trinajstić information content (AvgIpc) is 2.12. The third-order valence-corrected chi connectivity index (χ3v) is 1.83. The van der Waals surface area contributed by atoms with Crippen LogP contribution in [0.3, 0.4) is 0 Å². The fourth-order valence-electron chi connectivity index (χ4n) is 1.29. The van der Waals surface area contributed by atoms with Gasteiger partial charge in [0, 0.05) is 27.0 Å². The molecule has 0 bridgehead atoms. The maximum atomic E-state index is 10.9. The Bertz CT molecular complexity index is 241. The minimum Gasteiger partial charge on any atom is -0.457 e. The second kappa shape index (κ2) is 7.19. The van der Waals surface area contributed by atoms with Gasteiger partial charge in [-0.05, 0) is 6.92 Å². The van der Waals surface area contributed by atoms with Crippen LogP contribution in [0.1, 0.15) is 20.8 Å². The molecule has 0 rings (SSSR count). The molecule has 0 aromatic rings. The summed E-state index contributed by atoms with van der Waals surface area (Å²) in [7, 11) is 1.46. The van der Waals surface area contributed by atoms with Gasteiger partial charge in [-0.2, -0.15) is 0 Å². The zero-order valence-corrected chi connectivity index (χ0v) is 10.1. The van der Waals surface area contributed by atoms with Gasteiger partial charge < -0.3 is 19.9 Å². The smallest absolute Gasteiger partial charge is 0.303 e. The number of carbonyl (C=O) groups is 2. The summed E-state index contributed by atoms with van der Waals surface area (Å²) < 4.78 is 14.9. The van der Waals surface area contributed by atoms with Crippen LogP contribution in [0.15, 0.2) is 0 Å². The molecule has 0 aliphatic carbocycles. The number of esters is 2. The Morgan fingerprint density at radius 2 is 1.69 bits per heavy atom. The highest BCUT2D eigenvalue weighted by Gasteiger charge is 2.30. The number of methoxy groups -OCH3 is 1. The normalized spacial score (nSPS) is 16.1. The van der Waals surface area contributed by atoms with Crippen molar-refractivity contribution in [2.24, 2.45) is 5.73 Å². The Balaban J connectivity index is 4.63. The van der Waals surface area contributed by atoms with Crippen LogP contribution in [0.25, 0.3) is 0 Å². The van der Waals surface area contributed by atoms with Crippen LogP contribution in [0.5, 0.6) is 0 Å². The molecule has 0 amide bonds. The van der Waals surface area contributed by atoms with E-state index >= 15 is 0 Å². The van der Waals surface area contributed by atoms with Crippen molar-refractivity contribution in [2.45, 2.75) is 39.0 Å². The summed E-state index contributed by atoms with van der Waals surface area (Å²) >= 11 is 0. The van der Waals surface area contributed by atoms with Gasteiger partial charge in [0.05, 0.1) is 6.61 Å². The van der Waals surface area contributed by atoms with E-state index in [-0.39, 0.29) is 6.61 Å². The first-order valence-corrected chi connectivity index (χ1v) is 4.97. The lowest BCUT2D eigenvalue weighted by Crippen LogP contribution is -2.47. The van der Waals surface area contributed by atoms with Gasteiger partial charge in [-0.3, -0.25) is 9.59 Å². The number of carbonyl (C=O) groups excluding carboxylic acids is 2. The van der Waals surface area contributed by atoms with Crippen molar-refractivity contribution in [3.05, 3.63) is 0 Å². The summed E-state index contributed by atoms with van der Waals surface area (Å²) in [5.74, 6) is -0.949. The molecular formula is C10H19NO5. The fraction of sp³-hybridized carbons (Fsp3) is 0.800. The molecule has 0 aromatic heterocycles. The lowest BCUT2D eigenvalue weighted by atomic mass is 10.1. The Hall–Kier alpha value is -1.14. The van der Waals surface area contributed by atoms with E-state index in [2.05, 4.69) is 0 Å². The van der Waals surface area contributed by atoms with Gasteiger partial charge in [0.25, 0.3) is 0 Å². The number of nitrogens with two attached hydrogens (primary N) is 1. The maximum absolute atomic E-state index is 10.9. The SMILES string of the molecule is COCC(OC(C)=O)C(OC(C)=O)C(C)N. The van der Waals surface area contributed by atoms with Crippen molar-refractivity contribution in [1.82, 2.24) is 0 Å². The van der Waals surface area contributed by atoms with Gasteiger partial charge in [-0.1, -0.05) is 0 Å². The fourth-order valence-corrected chi connectivity index (χ4v) is 1.29. The lowest BCUT2D eigenvalue weighted by Gasteiger charge is -2.28. The summed E-state index contributed by atoms with van der Waals surface area (Å²) in [6.45, 7) is 4.33. The number of hydrogen-bond donors (Lipinski definition) is 1. The highest BCUT2D eigenvalue weighted by Crippen LogP contribution is 2.09. The Labute approximate surface area is 95.0 Å². The van der Waals surface area contributed by atoms with Crippen molar-refractivity contribution < 1.29 is 23.8 Å². The molecule has 6 nitrogen and oxygen atoms in total. The van der Waals surface area contributed by atoms with E-state index < -0.39 is 30.2 Å². The molecule has 0 aliphatic heterocycles. The Kier molecular flexibility index (Phi) is 6.67. The molecule has 0 aliphatic rings. The third kappa shape index (κ3) is 5.67. The van der Waals surface area contributed by atoms with Crippen molar-refractivity contribution >= 4 is 11.9 Å². The van der Waals surface area contributed by atoms with Crippen molar-refractivity contribution in [1.29, 1.82) is 0 Å². The first-order chi connectivity index (χ1) is 7.38. The molecule has 16 heavy (non-hydrogen) atoms. The van der Waals surface area contributed by atoms with Crippen LogP contribution in [0, 0.1) is 0 Å². The molecule has 0 saturated heterocycles. The van der Waals surface area contributed by atoms with Crippen LogP contribution in [-0.4, -0.2) is 43.9 Å². The van der Waals surface area contributed by atoms with Gasteiger partial charge in [0.2, 0.25) is 0 Å². The molecule has 0 saturated carbocycles. The summed E-state index contributed by atoms with van der Waals surface area (Å²) in [5.41, 5.74) is 5.67. The van der Waals surface area contributed by atoms with E-state index in [0.29, 0.717) is 0 Å². The van der Waals surface area contributed by atoms with Crippen LogP contribution in [-0.2, 0) is 23.8 Å². The zero-order chi connectivity index (χ0) is 12.7. The molecule has 0 spiro atoms. The predicted molar refractivity (Wildman–Crippen MR) is 56.6 cm³/mol. The maximum Gasteiger partial charge on any atom is 0.303 e. The van der Waals surface area contributed by atoms with Gasteiger partial charge >= 0.3 is 11.9 Å². The molecule has 0 radical (unpaired) electrons. The van der Waals surface area contributed by atoms with Crippen LogP contribution in [0.4, 0.5) is 0 Å². The first kappa shape index (κ1) is 14.9. The van der Waals surface area contributed by atoms with Crippen molar-refractivity contribution in [3.63, 3.8) is 0 Å². The largest absolute Gasteiger partial charge is 0.457 e. The first-order valence-electron chi connectivity index (χ1n) is 4.97. The highest BCUT2D eigenvalue weighted by molar-refractivity contribution is 5.67. The summed E-state index contributed by atoms with van der Waals surface area (Å²) in [4.78, 5) is 21.8. The van der Waals surface area contributed by atoms with Crippen molar-refractivity contribution in [3.8, 4) is 0 Å². The summed E-state index contributed by atoms with van der Waals surface area (Å²) in [6, 6.07) is -0.455. The summed E-state index contributed by atoms with van der Waals surface area (Å²) in [5, 5.41) is 0. The molecule has 94 valence electrons. The Morgan fingerprint density at radius 3 is 2.00 bits per heavy atom. The van der Waals surface area contributed by atoms with Crippen LogP contribution >= 0.6 is 0 Å². The molecule has 3 atom stereocenters. The quantitative estimate of drug-likeness (QED) is 0.641. The second-order valence-corrected chi connectivity index (χ2v) is 3.54. The molecule has 2 N–H and O–H groups in total. The third-order valence-electron chi connectivity index (χ3n) is 1.83. The highest BCUT2D eigenvalue weighted by atomic mass is 16.6. The monoisotopic (exact) mass is 233 g/mol. The molecule has 0 fully saturated rings. The molecule has 0 aromatic carbocycles. The van der Waals surface area contributed by atoms with Crippen LogP contribution < -0.4 is 5.73 Å². The van der Waals surface area contributed by atoms with Gasteiger partial charge in [-0.15, -0.1) is 0 Å². The van der Waals surface area contributed by atoms with E-state index in [1.807, 2.05) is 0 Å². The van der Waals surface area contributed by atoms with E-state index in [9.17, 15) is 9.59 Å². The molecule has 6 heteroatoms. The standard InChI is InChI=1S/C10H19NO5/c1-6(11)10(16-8(3)13)9(5-14-4)15-7(2)12/h6,9-10H,5,11H2,1-4H3. The second-order valence-electron chi connectivity index (χ2n) is 3.54. The van der Waals surface area contributed by atoms with Gasteiger partial charge in [0.15, 0.2) is 12.2 Å².